The second-order valence-corrected chi connectivity index (χ2v) is 5.28. The van der Waals surface area contributed by atoms with Gasteiger partial charge in [0.1, 0.15) is 5.82 Å². The van der Waals surface area contributed by atoms with Crippen LogP contribution in [0.25, 0.3) is 11.0 Å². The zero-order chi connectivity index (χ0) is 13.2. The Kier molecular flexibility index (Phi) is 3.53. The molecule has 1 aliphatic heterocycles. The van der Waals surface area contributed by atoms with Crippen molar-refractivity contribution in [3.63, 3.8) is 0 Å². The van der Waals surface area contributed by atoms with Crippen molar-refractivity contribution in [2.45, 2.75) is 25.9 Å². The molecule has 2 heterocycles. The molecule has 2 aromatic rings. The van der Waals surface area contributed by atoms with Gasteiger partial charge in [0.2, 0.25) is 0 Å². The SMILES string of the molecule is Cc1nc2cc(CCC3CNCCO3)ccc2n1C. The molecule has 102 valence electrons. The van der Waals surface area contributed by atoms with Gasteiger partial charge in [-0.25, -0.2) is 4.98 Å². The summed E-state index contributed by atoms with van der Waals surface area (Å²) in [6.45, 7) is 4.84. The first-order valence-electron chi connectivity index (χ1n) is 6.98. The van der Waals surface area contributed by atoms with Crippen LogP contribution < -0.4 is 5.32 Å². The standard InChI is InChI=1S/C15H21N3O/c1-11-17-14-9-12(4-6-15(14)18(11)2)3-5-13-10-16-7-8-19-13/h4,6,9,13,16H,3,5,7-8,10H2,1-2H3. The smallest absolute Gasteiger partial charge is 0.106 e. The number of nitrogens with zero attached hydrogens (tertiary/aromatic N) is 2. The minimum absolute atomic E-state index is 0.356. The first-order chi connectivity index (χ1) is 9.24. The number of rotatable bonds is 3. The number of ether oxygens (including phenoxy) is 1. The summed E-state index contributed by atoms with van der Waals surface area (Å²) in [5, 5.41) is 3.37. The molecule has 1 unspecified atom stereocenters. The molecule has 1 N–H and O–H groups in total. The van der Waals surface area contributed by atoms with Crippen molar-refractivity contribution in [1.29, 1.82) is 0 Å². The number of aryl methyl sites for hydroxylation is 3. The summed E-state index contributed by atoms with van der Waals surface area (Å²) < 4.78 is 7.86. The number of hydrogen-bond acceptors (Lipinski definition) is 3. The lowest BCUT2D eigenvalue weighted by Gasteiger charge is -2.23. The van der Waals surface area contributed by atoms with Crippen molar-refractivity contribution in [2.24, 2.45) is 7.05 Å². The van der Waals surface area contributed by atoms with Gasteiger partial charge in [0, 0.05) is 20.1 Å². The van der Waals surface area contributed by atoms with Gasteiger partial charge in [0.05, 0.1) is 23.7 Å². The van der Waals surface area contributed by atoms with Crippen LogP contribution >= 0.6 is 0 Å². The minimum atomic E-state index is 0.356. The van der Waals surface area contributed by atoms with E-state index in [-0.39, 0.29) is 0 Å². The highest BCUT2D eigenvalue weighted by Crippen LogP contribution is 2.18. The van der Waals surface area contributed by atoms with Gasteiger partial charge in [-0.2, -0.15) is 0 Å². The van der Waals surface area contributed by atoms with Crippen molar-refractivity contribution in [1.82, 2.24) is 14.9 Å². The molecule has 1 saturated heterocycles. The molecule has 1 aliphatic rings. The topological polar surface area (TPSA) is 39.1 Å². The molecule has 0 bridgehead atoms. The van der Waals surface area contributed by atoms with Gasteiger partial charge in [-0.1, -0.05) is 6.07 Å². The van der Waals surface area contributed by atoms with Crippen LogP contribution in [0.15, 0.2) is 18.2 Å². The fraction of sp³-hybridized carbons (Fsp3) is 0.533. The van der Waals surface area contributed by atoms with E-state index in [9.17, 15) is 0 Å². The Hall–Kier alpha value is -1.39. The van der Waals surface area contributed by atoms with Crippen molar-refractivity contribution in [3.8, 4) is 0 Å². The lowest BCUT2D eigenvalue weighted by Crippen LogP contribution is -2.38. The number of fused-ring (bicyclic) bond motifs is 1. The summed E-state index contributed by atoms with van der Waals surface area (Å²) in [5.74, 6) is 1.06. The van der Waals surface area contributed by atoms with Crippen LogP contribution in [0.5, 0.6) is 0 Å². The number of imidazole rings is 1. The molecule has 4 heteroatoms. The molecule has 4 nitrogen and oxygen atoms in total. The molecule has 3 rings (SSSR count). The van der Waals surface area contributed by atoms with Gasteiger partial charge in [-0.15, -0.1) is 0 Å². The highest BCUT2D eigenvalue weighted by atomic mass is 16.5. The monoisotopic (exact) mass is 259 g/mol. The molecule has 1 atom stereocenters. The normalized spacial score (nSPS) is 20.0. The van der Waals surface area contributed by atoms with Crippen LogP contribution in [0, 0.1) is 6.92 Å². The van der Waals surface area contributed by atoms with Crippen molar-refractivity contribution < 1.29 is 4.74 Å². The molecule has 1 fully saturated rings. The summed E-state index contributed by atoms with van der Waals surface area (Å²) in [5.41, 5.74) is 3.65. The van der Waals surface area contributed by atoms with E-state index in [2.05, 4.69) is 40.1 Å². The molecule has 19 heavy (non-hydrogen) atoms. The van der Waals surface area contributed by atoms with E-state index in [1.807, 2.05) is 6.92 Å². The average Bonchev–Trinajstić information content (AvgIpc) is 2.73. The lowest BCUT2D eigenvalue weighted by atomic mass is 10.1. The van der Waals surface area contributed by atoms with Gasteiger partial charge in [-0.3, -0.25) is 0 Å². The number of morpholine rings is 1. The molecular weight excluding hydrogens is 238 g/mol. The minimum Gasteiger partial charge on any atom is -0.376 e. The third-order valence-electron chi connectivity index (χ3n) is 3.93. The van der Waals surface area contributed by atoms with Gasteiger partial charge in [0.15, 0.2) is 0 Å². The summed E-state index contributed by atoms with van der Waals surface area (Å²) in [6.07, 6.45) is 2.48. The quantitative estimate of drug-likeness (QED) is 0.913. The fourth-order valence-electron chi connectivity index (χ4n) is 2.65. The van der Waals surface area contributed by atoms with E-state index in [0.717, 1.165) is 43.9 Å². The third kappa shape index (κ3) is 2.65. The predicted molar refractivity (Wildman–Crippen MR) is 76.4 cm³/mol. The van der Waals surface area contributed by atoms with Crippen LogP contribution in [0.1, 0.15) is 17.8 Å². The lowest BCUT2D eigenvalue weighted by molar-refractivity contribution is 0.0238. The van der Waals surface area contributed by atoms with E-state index < -0.39 is 0 Å². The van der Waals surface area contributed by atoms with E-state index in [1.165, 1.54) is 11.1 Å². The molecule has 0 amide bonds. The molecule has 1 aromatic heterocycles. The Labute approximate surface area is 113 Å². The van der Waals surface area contributed by atoms with Crippen molar-refractivity contribution in [2.75, 3.05) is 19.7 Å². The Morgan fingerprint density at radius 2 is 2.37 bits per heavy atom. The maximum atomic E-state index is 5.73. The number of aromatic nitrogens is 2. The average molecular weight is 259 g/mol. The van der Waals surface area contributed by atoms with Crippen LogP contribution in [-0.4, -0.2) is 35.4 Å². The maximum Gasteiger partial charge on any atom is 0.106 e. The summed E-state index contributed by atoms with van der Waals surface area (Å²) in [4.78, 5) is 4.59. The van der Waals surface area contributed by atoms with E-state index in [4.69, 9.17) is 4.74 Å². The Balaban J connectivity index is 1.70. The predicted octanol–water partition coefficient (Wildman–Crippen LogP) is 1.80. The highest BCUT2D eigenvalue weighted by Gasteiger charge is 2.13. The maximum absolute atomic E-state index is 5.73. The largest absolute Gasteiger partial charge is 0.376 e. The van der Waals surface area contributed by atoms with E-state index >= 15 is 0 Å². The van der Waals surface area contributed by atoms with Crippen molar-refractivity contribution >= 4 is 11.0 Å². The second kappa shape index (κ2) is 5.31. The van der Waals surface area contributed by atoms with Crippen LogP contribution in [-0.2, 0) is 18.2 Å². The van der Waals surface area contributed by atoms with Gasteiger partial charge in [-0.05, 0) is 37.5 Å². The highest BCUT2D eigenvalue weighted by molar-refractivity contribution is 5.76. The Bertz CT molecular complexity index is 570. The molecular formula is C15H21N3O. The van der Waals surface area contributed by atoms with Crippen LogP contribution in [0.3, 0.4) is 0 Å². The molecule has 0 saturated carbocycles. The summed E-state index contributed by atoms with van der Waals surface area (Å²) in [6, 6.07) is 6.59. The van der Waals surface area contributed by atoms with E-state index in [0.29, 0.717) is 6.10 Å². The number of benzene rings is 1. The zero-order valence-corrected chi connectivity index (χ0v) is 11.6. The summed E-state index contributed by atoms with van der Waals surface area (Å²) in [7, 11) is 2.06. The molecule has 0 aliphatic carbocycles. The zero-order valence-electron chi connectivity index (χ0n) is 11.6. The Morgan fingerprint density at radius 3 is 3.16 bits per heavy atom. The molecule has 0 spiro atoms. The van der Waals surface area contributed by atoms with E-state index in [1.54, 1.807) is 0 Å². The van der Waals surface area contributed by atoms with Crippen LogP contribution in [0.4, 0.5) is 0 Å². The van der Waals surface area contributed by atoms with Crippen molar-refractivity contribution in [3.05, 3.63) is 29.6 Å². The fourth-order valence-corrected chi connectivity index (χ4v) is 2.65. The second-order valence-electron chi connectivity index (χ2n) is 5.28. The number of nitrogens with one attached hydrogen (secondary N) is 1. The summed E-state index contributed by atoms with van der Waals surface area (Å²) >= 11 is 0. The first-order valence-corrected chi connectivity index (χ1v) is 6.98. The Morgan fingerprint density at radius 1 is 1.47 bits per heavy atom. The van der Waals surface area contributed by atoms with Gasteiger partial charge >= 0.3 is 0 Å². The third-order valence-corrected chi connectivity index (χ3v) is 3.93. The molecule has 1 aromatic carbocycles. The first kappa shape index (κ1) is 12.6. The van der Waals surface area contributed by atoms with Gasteiger partial charge in [0.25, 0.3) is 0 Å². The van der Waals surface area contributed by atoms with Crippen LogP contribution in [0.2, 0.25) is 0 Å². The molecule has 0 radical (unpaired) electrons. The number of hydrogen-bond donors (Lipinski definition) is 1. The van der Waals surface area contributed by atoms with Gasteiger partial charge < -0.3 is 14.6 Å².